The van der Waals surface area contributed by atoms with Gasteiger partial charge >= 0.3 is 0 Å². The van der Waals surface area contributed by atoms with Gasteiger partial charge < -0.3 is 18.8 Å². The number of benzene rings is 1. The number of carbonyl (C=O) groups excluding carboxylic acids is 1. The van der Waals surface area contributed by atoms with E-state index >= 15 is 0 Å². The maximum Gasteiger partial charge on any atom is 0.289 e. The Morgan fingerprint density at radius 2 is 2.07 bits per heavy atom. The number of nitrogens with zero attached hydrogens (tertiary/aromatic N) is 3. The molecule has 0 N–H and O–H groups in total. The van der Waals surface area contributed by atoms with Crippen LogP contribution in [-0.4, -0.2) is 47.1 Å². The first-order valence-corrected chi connectivity index (χ1v) is 8.99. The van der Waals surface area contributed by atoms with Crippen molar-refractivity contribution in [2.45, 2.75) is 18.9 Å². The maximum atomic E-state index is 12.9. The number of hydrogen-bond acceptors (Lipinski definition) is 7. The topological polar surface area (TPSA) is 94.8 Å². The number of carbonyl (C=O) groups is 1. The molecular formula is C20H19N3O5. The minimum atomic E-state index is -0.326. The molecule has 3 aromatic rings. The number of methoxy groups -OCH3 is 1. The molecule has 1 aliphatic heterocycles. The highest BCUT2D eigenvalue weighted by atomic mass is 16.5. The fourth-order valence-electron chi connectivity index (χ4n) is 3.24. The minimum absolute atomic E-state index is 0.0329. The van der Waals surface area contributed by atoms with Gasteiger partial charge in [0.25, 0.3) is 5.91 Å². The van der Waals surface area contributed by atoms with Gasteiger partial charge in [0.2, 0.25) is 11.8 Å². The van der Waals surface area contributed by atoms with Crippen LogP contribution < -0.4 is 14.9 Å². The van der Waals surface area contributed by atoms with Crippen LogP contribution in [0.25, 0.3) is 11.0 Å². The lowest BCUT2D eigenvalue weighted by molar-refractivity contribution is 0.0498. The van der Waals surface area contributed by atoms with Gasteiger partial charge in [0.15, 0.2) is 11.2 Å². The zero-order chi connectivity index (χ0) is 19.5. The molecule has 1 saturated heterocycles. The molecule has 2 aromatic heterocycles. The van der Waals surface area contributed by atoms with E-state index in [0.29, 0.717) is 35.8 Å². The summed E-state index contributed by atoms with van der Waals surface area (Å²) in [4.78, 5) is 35.0. The second-order valence-electron chi connectivity index (χ2n) is 6.50. The second-order valence-corrected chi connectivity index (χ2v) is 6.50. The van der Waals surface area contributed by atoms with E-state index in [9.17, 15) is 9.59 Å². The van der Waals surface area contributed by atoms with E-state index in [1.54, 1.807) is 29.2 Å². The Morgan fingerprint density at radius 1 is 1.25 bits per heavy atom. The van der Waals surface area contributed by atoms with Gasteiger partial charge in [0, 0.05) is 12.6 Å². The summed E-state index contributed by atoms with van der Waals surface area (Å²) in [5.41, 5.74) is 0.163. The molecule has 1 amide bonds. The van der Waals surface area contributed by atoms with Gasteiger partial charge in [-0.15, -0.1) is 0 Å². The molecule has 1 aliphatic rings. The first-order chi connectivity index (χ1) is 13.6. The molecule has 1 fully saturated rings. The van der Waals surface area contributed by atoms with Crippen LogP contribution in [-0.2, 0) is 0 Å². The fourth-order valence-corrected chi connectivity index (χ4v) is 3.24. The predicted octanol–water partition coefficient (Wildman–Crippen LogP) is 2.28. The van der Waals surface area contributed by atoms with Gasteiger partial charge in [-0.1, -0.05) is 12.1 Å². The van der Waals surface area contributed by atoms with Crippen molar-refractivity contribution < 1.29 is 18.7 Å². The average molecular weight is 381 g/mol. The van der Waals surface area contributed by atoms with Gasteiger partial charge in [-0.2, -0.15) is 4.98 Å². The standard InChI is InChI=1S/C20H19N3O5/c1-26-18-10-21-11-19(22-18)27-13-5-4-8-23(12-13)20(25)17-9-15(24)14-6-2-3-7-16(14)28-17/h2-3,6-7,9-11,13H,4-5,8,12H2,1H3/t13-/m0/s1. The van der Waals surface area contributed by atoms with E-state index in [1.165, 1.54) is 25.6 Å². The lowest BCUT2D eigenvalue weighted by Crippen LogP contribution is -2.44. The minimum Gasteiger partial charge on any atom is -0.480 e. The number of aromatic nitrogens is 2. The molecule has 0 saturated carbocycles. The highest BCUT2D eigenvalue weighted by Crippen LogP contribution is 2.20. The van der Waals surface area contributed by atoms with Gasteiger partial charge in [-0.05, 0) is 25.0 Å². The summed E-state index contributed by atoms with van der Waals surface area (Å²) in [7, 11) is 1.51. The largest absolute Gasteiger partial charge is 0.480 e. The molecule has 0 aliphatic carbocycles. The van der Waals surface area contributed by atoms with Crippen molar-refractivity contribution in [1.82, 2.24) is 14.9 Å². The normalized spacial score (nSPS) is 16.8. The Labute approximate surface area is 160 Å². The molecule has 8 heteroatoms. The van der Waals surface area contributed by atoms with Crippen LogP contribution in [0, 0.1) is 0 Å². The Morgan fingerprint density at radius 3 is 2.93 bits per heavy atom. The van der Waals surface area contributed by atoms with Crippen molar-refractivity contribution >= 4 is 16.9 Å². The van der Waals surface area contributed by atoms with Crippen molar-refractivity contribution in [3.63, 3.8) is 0 Å². The van der Waals surface area contributed by atoms with Gasteiger partial charge in [-0.25, -0.2) is 0 Å². The average Bonchev–Trinajstić information content (AvgIpc) is 2.73. The number of fused-ring (bicyclic) bond motifs is 1. The van der Waals surface area contributed by atoms with Crippen molar-refractivity contribution in [2.24, 2.45) is 0 Å². The summed E-state index contributed by atoms with van der Waals surface area (Å²) in [5.74, 6) is 0.411. The van der Waals surface area contributed by atoms with Crippen molar-refractivity contribution in [3.8, 4) is 11.8 Å². The Bertz CT molecular complexity index is 1060. The van der Waals surface area contributed by atoms with E-state index < -0.39 is 0 Å². The third-order valence-corrected chi connectivity index (χ3v) is 4.60. The van der Waals surface area contributed by atoms with Crippen LogP contribution in [0.15, 0.2) is 51.9 Å². The second kappa shape index (κ2) is 7.67. The molecule has 3 heterocycles. The fraction of sp³-hybridized carbons (Fsp3) is 0.300. The summed E-state index contributed by atoms with van der Waals surface area (Å²) in [6, 6.07) is 8.13. The van der Waals surface area contributed by atoms with E-state index in [2.05, 4.69) is 9.97 Å². The third kappa shape index (κ3) is 3.66. The van der Waals surface area contributed by atoms with Crippen LogP contribution in [0.4, 0.5) is 0 Å². The number of para-hydroxylation sites is 1. The summed E-state index contributed by atoms with van der Waals surface area (Å²) in [6.07, 6.45) is 4.32. The number of amides is 1. The predicted molar refractivity (Wildman–Crippen MR) is 101 cm³/mol. The molecule has 0 unspecified atom stereocenters. The molecule has 0 bridgehead atoms. The van der Waals surface area contributed by atoms with E-state index in [1.807, 2.05) is 0 Å². The molecule has 1 atom stereocenters. The summed E-state index contributed by atoms with van der Waals surface area (Å²) in [5, 5.41) is 0.454. The number of rotatable bonds is 4. The number of hydrogen-bond donors (Lipinski definition) is 0. The van der Waals surface area contributed by atoms with Gasteiger partial charge in [0.05, 0.1) is 31.4 Å². The summed E-state index contributed by atoms with van der Waals surface area (Å²) >= 11 is 0. The lowest BCUT2D eigenvalue weighted by Gasteiger charge is -2.32. The highest BCUT2D eigenvalue weighted by molar-refractivity contribution is 5.93. The van der Waals surface area contributed by atoms with Crippen LogP contribution in [0.1, 0.15) is 23.4 Å². The third-order valence-electron chi connectivity index (χ3n) is 4.60. The maximum absolute atomic E-state index is 12.9. The summed E-state index contributed by atoms with van der Waals surface area (Å²) in [6.45, 7) is 0.938. The molecule has 4 rings (SSSR count). The van der Waals surface area contributed by atoms with Crippen molar-refractivity contribution in [2.75, 3.05) is 20.2 Å². The van der Waals surface area contributed by atoms with Crippen LogP contribution >= 0.6 is 0 Å². The first-order valence-electron chi connectivity index (χ1n) is 8.99. The van der Waals surface area contributed by atoms with E-state index in [4.69, 9.17) is 13.9 Å². The molecule has 0 spiro atoms. The molecule has 144 valence electrons. The number of piperidine rings is 1. The molecule has 0 radical (unpaired) electrons. The van der Waals surface area contributed by atoms with Crippen LogP contribution in [0.3, 0.4) is 0 Å². The zero-order valence-corrected chi connectivity index (χ0v) is 15.3. The van der Waals surface area contributed by atoms with Gasteiger partial charge in [-0.3, -0.25) is 14.6 Å². The first kappa shape index (κ1) is 18.0. The molecule has 8 nitrogen and oxygen atoms in total. The van der Waals surface area contributed by atoms with Gasteiger partial charge in [0.1, 0.15) is 11.7 Å². The van der Waals surface area contributed by atoms with Crippen molar-refractivity contribution in [3.05, 3.63) is 58.7 Å². The lowest BCUT2D eigenvalue weighted by atomic mass is 10.1. The van der Waals surface area contributed by atoms with E-state index in [0.717, 1.165) is 12.8 Å². The monoisotopic (exact) mass is 381 g/mol. The van der Waals surface area contributed by atoms with Crippen molar-refractivity contribution in [1.29, 1.82) is 0 Å². The van der Waals surface area contributed by atoms with Crippen LogP contribution in [0.5, 0.6) is 11.8 Å². The number of likely N-dealkylation sites (tertiary alicyclic amines) is 1. The Kier molecular flexibility index (Phi) is 4.92. The molecular weight excluding hydrogens is 362 g/mol. The van der Waals surface area contributed by atoms with E-state index in [-0.39, 0.29) is 23.2 Å². The smallest absolute Gasteiger partial charge is 0.289 e. The zero-order valence-electron chi connectivity index (χ0n) is 15.3. The Balaban J connectivity index is 1.51. The quantitative estimate of drug-likeness (QED) is 0.684. The number of ether oxygens (including phenoxy) is 2. The molecule has 28 heavy (non-hydrogen) atoms. The molecule has 1 aromatic carbocycles. The Hall–Kier alpha value is -3.42. The highest BCUT2D eigenvalue weighted by Gasteiger charge is 2.28. The summed E-state index contributed by atoms with van der Waals surface area (Å²) < 4.78 is 16.6. The SMILES string of the molecule is COc1cncc(O[C@H]2CCCN(C(=O)c3cc(=O)c4ccccc4o3)C2)n1. The van der Waals surface area contributed by atoms with Crippen LogP contribution in [0.2, 0.25) is 0 Å².